The van der Waals surface area contributed by atoms with Gasteiger partial charge in [0.1, 0.15) is 0 Å². The van der Waals surface area contributed by atoms with Crippen molar-refractivity contribution < 1.29 is 13.0 Å². The molecule has 1 aromatic rings. The Labute approximate surface area is 138 Å². The molecule has 1 rings (SSSR count). The number of rotatable bonds is 9. The van der Waals surface area contributed by atoms with Crippen molar-refractivity contribution in [3.05, 3.63) is 40.9 Å². The monoisotopic (exact) mass is 345 g/mol. The minimum absolute atomic E-state index is 0.164. The SMILES string of the molecule is CC(C)C[C@@H](/C=C/c1ccc(Cl)cc1)NCCCS(=O)(=O)O. The normalized spacial score (nSPS) is 13.9. The van der Waals surface area contributed by atoms with Crippen LogP contribution >= 0.6 is 11.6 Å². The fourth-order valence-electron chi connectivity index (χ4n) is 2.08. The Kier molecular flexibility index (Phi) is 8.10. The van der Waals surface area contributed by atoms with Crippen molar-refractivity contribution in [3.63, 3.8) is 0 Å². The molecule has 0 aromatic heterocycles. The first kappa shape index (κ1) is 19.2. The lowest BCUT2D eigenvalue weighted by Crippen LogP contribution is -2.30. The number of benzene rings is 1. The van der Waals surface area contributed by atoms with E-state index in [-0.39, 0.29) is 11.8 Å². The smallest absolute Gasteiger partial charge is 0.264 e. The van der Waals surface area contributed by atoms with Gasteiger partial charge >= 0.3 is 0 Å². The van der Waals surface area contributed by atoms with Crippen molar-refractivity contribution in [2.24, 2.45) is 5.92 Å². The Morgan fingerprint density at radius 3 is 2.45 bits per heavy atom. The van der Waals surface area contributed by atoms with Gasteiger partial charge in [0.2, 0.25) is 0 Å². The zero-order valence-electron chi connectivity index (χ0n) is 13.0. The van der Waals surface area contributed by atoms with Gasteiger partial charge < -0.3 is 5.32 Å². The first-order valence-corrected chi connectivity index (χ1v) is 9.37. The van der Waals surface area contributed by atoms with Crippen molar-refractivity contribution in [1.82, 2.24) is 5.32 Å². The third-order valence-electron chi connectivity index (χ3n) is 3.10. The predicted molar refractivity (Wildman–Crippen MR) is 92.8 cm³/mol. The van der Waals surface area contributed by atoms with Gasteiger partial charge in [-0.1, -0.05) is 49.7 Å². The van der Waals surface area contributed by atoms with E-state index in [0.29, 0.717) is 23.9 Å². The number of halogens is 1. The van der Waals surface area contributed by atoms with E-state index < -0.39 is 10.1 Å². The van der Waals surface area contributed by atoms with Crippen LogP contribution in [0.2, 0.25) is 5.02 Å². The zero-order chi connectivity index (χ0) is 16.6. The molecular weight excluding hydrogens is 322 g/mol. The second-order valence-electron chi connectivity index (χ2n) is 5.74. The van der Waals surface area contributed by atoms with Crippen LogP contribution in [0.15, 0.2) is 30.3 Å². The summed E-state index contributed by atoms with van der Waals surface area (Å²) in [5.74, 6) is 0.309. The van der Waals surface area contributed by atoms with Crippen LogP contribution in [0.4, 0.5) is 0 Å². The molecule has 0 saturated carbocycles. The number of nitrogens with one attached hydrogen (secondary N) is 1. The van der Waals surface area contributed by atoms with Crippen molar-refractivity contribution in [1.29, 1.82) is 0 Å². The Morgan fingerprint density at radius 2 is 1.91 bits per heavy atom. The maximum atomic E-state index is 10.7. The summed E-state index contributed by atoms with van der Waals surface area (Å²) in [4.78, 5) is 0. The molecule has 2 N–H and O–H groups in total. The van der Waals surface area contributed by atoms with Crippen molar-refractivity contribution in [2.75, 3.05) is 12.3 Å². The van der Waals surface area contributed by atoms with Gasteiger partial charge in [0.25, 0.3) is 10.1 Å². The molecule has 1 atom stereocenters. The highest BCUT2D eigenvalue weighted by molar-refractivity contribution is 7.85. The molecule has 0 fully saturated rings. The average Bonchev–Trinajstić information content (AvgIpc) is 2.40. The summed E-state index contributed by atoms with van der Waals surface area (Å²) in [6.45, 7) is 4.83. The highest BCUT2D eigenvalue weighted by Gasteiger charge is 2.08. The van der Waals surface area contributed by atoms with E-state index >= 15 is 0 Å². The topological polar surface area (TPSA) is 66.4 Å². The van der Waals surface area contributed by atoms with Crippen LogP contribution in [-0.2, 0) is 10.1 Å². The van der Waals surface area contributed by atoms with Crippen LogP contribution < -0.4 is 5.32 Å². The third kappa shape index (κ3) is 9.20. The largest absolute Gasteiger partial charge is 0.310 e. The molecule has 0 radical (unpaired) electrons. The van der Waals surface area contributed by atoms with Crippen LogP contribution in [0.3, 0.4) is 0 Å². The molecule has 0 amide bonds. The summed E-state index contributed by atoms with van der Waals surface area (Å²) < 4.78 is 30.1. The van der Waals surface area contributed by atoms with Gasteiger partial charge in [-0.2, -0.15) is 8.42 Å². The molecule has 0 spiro atoms. The summed E-state index contributed by atoms with van der Waals surface area (Å²) in [5, 5.41) is 4.02. The van der Waals surface area contributed by atoms with E-state index in [1.165, 1.54) is 0 Å². The third-order valence-corrected chi connectivity index (χ3v) is 4.16. The maximum absolute atomic E-state index is 10.7. The van der Waals surface area contributed by atoms with Crippen LogP contribution in [-0.4, -0.2) is 31.3 Å². The van der Waals surface area contributed by atoms with E-state index in [1.807, 2.05) is 30.3 Å². The molecule has 0 aliphatic carbocycles. The van der Waals surface area contributed by atoms with Crippen molar-refractivity contribution in [3.8, 4) is 0 Å². The van der Waals surface area contributed by atoms with Gasteiger partial charge in [-0.3, -0.25) is 4.55 Å². The molecule has 0 aliphatic rings. The lowest BCUT2D eigenvalue weighted by atomic mass is 10.0. The maximum Gasteiger partial charge on any atom is 0.264 e. The zero-order valence-corrected chi connectivity index (χ0v) is 14.6. The molecular formula is C16H24ClNO3S. The highest BCUT2D eigenvalue weighted by atomic mass is 35.5. The van der Waals surface area contributed by atoms with Crippen LogP contribution in [0.5, 0.6) is 0 Å². The second-order valence-corrected chi connectivity index (χ2v) is 7.75. The van der Waals surface area contributed by atoms with Crippen LogP contribution in [0.25, 0.3) is 6.08 Å². The molecule has 0 aliphatic heterocycles. The molecule has 22 heavy (non-hydrogen) atoms. The van der Waals surface area contributed by atoms with Crippen LogP contribution in [0.1, 0.15) is 32.3 Å². The summed E-state index contributed by atoms with van der Waals surface area (Å²) in [6, 6.07) is 7.75. The number of hydrogen-bond acceptors (Lipinski definition) is 3. The van der Waals surface area contributed by atoms with Gasteiger partial charge in [0.05, 0.1) is 5.75 Å². The van der Waals surface area contributed by atoms with Crippen molar-refractivity contribution >= 4 is 27.8 Å². The van der Waals surface area contributed by atoms with Gasteiger partial charge in [-0.05, 0) is 43.0 Å². The Bertz CT molecular complexity index is 568. The molecule has 0 bridgehead atoms. The quantitative estimate of drug-likeness (QED) is 0.529. The van der Waals surface area contributed by atoms with E-state index in [0.717, 1.165) is 12.0 Å². The molecule has 4 nitrogen and oxygen atoms in total. The van der Waals surface area contributed by atoms with E-state index in [1.54, 1.807) is 0 Å². The summed E-state index contributed by atoms with van der Waals surface area (Å²) in [7, 11) is -3.87. The fourth-order valence-corrected chi connectivity index (χ4v) is 2.72. The molecule has 1 aromatic carbocycles. The minimum Gasteiger partial charge on any atom is -0.310 e. The molecule has 0 heterocycles. The Balaban J connectivity index is 2.54. The molecule has 0 unspecified atom stereocenters. The number of hydrogen-bond donors (Lipinski definition) is 2. The average molecular weight is 346 g/mol. The Hall–Kier alpha value is -0.880. The summed E-state index contributed by atoms with van der Waals surface area (Å²) in [5.41, 5.74) is 1.07. The molecule has 6 heteroatoms. The summed E-state index contributed by atoms with van der Waals surface area (Å²) in [6.07, 6.45) is 5.45. The lowest BCUT2D eigenvalue weighted by Gasteiger charge is -2.17. The van der Waals surface area contributed by atoms with E-state index in [9.17, 15) is 8.42 Å². The standard InChI is InChI=1S/C16H24ClNO3S/c1-13(2)12-16(18-10-3-11-22(19,20)21)9-6-14-4-7-15(17)8-5-14/h4-9,13,16,18H,3,10-12H2,1-2H3,(H,19,20,21)/b9-6+/t16-/m1/s1. The summed E-state index contributed by atoms with van der Waals surface area (Å²) >= 11 is 5.86. The lowest BCUT2D eigenvalue weighted by molar-refractivity contribution is 0.462. The van der Waals surface area contributed by atoms with E-state index in [4.69, 9.17) is 16.2 Å². The van der Waals surface area contributed by atoms with Gasteiger partial charge in [-0.25, -0.2) is 0 Å². The van der Waals surface area contributed by atoms with E-state index in [2.05, 4.69) is 25.2 Å². The van der Waals surface area contributed by atoms with Gasteiger partial charge in [0.15, 0.2) is 0 Å². The minimum atomic E-state index is -3.87. The Morgan fingerprint density at radius 1 is 1.27 bits per heavy atom. The highest BCUT2D eigenvalue weighted by Crippen LogP contribution is 2.12. The molecule has 124 valence electrons. The second kappa shape index (κ2) is 9.30. The molecule has 0 saturated heterocycles. The van der Waals surface area contributed by atoms with Crippen LogP contribution in [0, 0.1) is 5.92 Å². The predicted octanol–water partition coefficient (Wildman–Crippen LogP) is 3.64. The fraction of sp³-hybridized carbons (Fsp3) is 0.500. The van der Waals surface area contributed by atoms with Gasteiger partial charge in [-0.15, -0.1) is 0 Å². The first-order valence-electron chi connectivity index (χ1n) is 7.38. The van der Waals surface area contributed by atoms with Gasteiger partial charge in [0, 0.05) is 11.1 Å². The first-order chi connectivity index (χ1) is 10.3. The van der Waals surface area contributed by atoms with Crippen molar-refractivity contribution in [2.45, 2.75) is 32.7 Å².